The Balaban J connectivity index is 1.99. The van der Waals surface area contributed by atoms with Crippen LogP contribution in [-0.4, -0.2) is 13.2 Å². The van der Waals surface area contributed by atoms with E-state index in [0.717, 1.165) is 13.2 Å². The molecule has 0 aromatic heterocycles. The molecule has 0 aliphatic carbocycles. The standard InChI is InChI=1S/C13H20O/c1-2-14-12-8-4-7-11-13-9-5-3-6-10-13/h3,5-6,9-10H,2,4,7-8,11-12H2,1H3. The highest BCUT2D eigenvalue weighted by atomic mass is 16.5. The first-order chi connectivity index (χ1) is 6.93. The van der Waals surface area contributed by atoms with Crippen molar-refractivity contribution >= 4 is 0 Å². The summed E-state index contributed by atoms with van der Waals surface area (Å²) in [5.41, 5.74) is 1.45. The van der Waals surface area contributed by atoms with Crippen molar-refractivity contribution in [3.8, 4) is 0 Å². The molecular formula is C13H20O. The summed E-state index contributed by atoms with van der Waals surface area (Å²) in [5, 5.41) is 0. The molecular weight excluding hydrogens is 172 g/mol. The number of benzene rings is 1. The molecule has 0 N–H and O–H groups in total. The molecule has 0 bridgehead atoms. The second-order valence-electron chi connectivity index (χ2n) is 3.49. The minimum atomic E-state index is 0.846. The van der Waals surface area contributed by atoms with Crippen LogP contribution in [-0.2, 0) is 11.2 Å². The summed E-state index contributed by atoms with van der Waals surface area (Å²) in [6.45, 7) is 3.81. The van der Waals surface area contributed by atoms with Gasteiger partial charge in [0.25, 0.3) is 0 Å². The van der Waals surface area contributed by atoms with E-state index in [1.54, 1.807) is 0 Å². The maximum absolute atomic E-state index is 5.29. The summed E-state index contributed by atoms with van der Waals surface area (Å²) in [4.78, 5) is 0. The average molecular weight is 192 g/mol. The van der Waals surface area contributed by atoms with Crippen molar-refractivity contribution in [3.05, 3.63) is 35.9 Å². The lowest BCUT2D eigenvalue weighted by atomic mass is 10.1. The van der Waals surface area contributed by atoms with Gasteiger partial charge in [-0.1, -0.05) is 36.8 Å². The average Bonchev–Trinajstić information content (AvgIpc) is 2.25. The van der Waals surface area contributed by atoms with Gasteiger partial charge >= 0.3 is 0 Å². The van der Waals surface area contributed by atoms with Crippen molar-refractivity contribution in [1.29, 1.82) is 0 Å². The molecule has 1 rings (SSSR count). The summed E-state index contributed by atoms with van der Waals surface area (Å²) >= 11 is 0. The molecule has 78 valence electrons. The van der Waals surface area contributed by atoms with Crippen molar-refractivity contribution in [2.45, 2.75) is 32.6 Å². The topological polar surface area (TPSA) is 9.23 Å². The number of rotatable bonds is 7. The molecule has 1 aromatic rings. The van der Waals surface area contributed by atoms with E-state index in [2.05, 4.69) is 30.3 Å². The van der Waals surface area contributed by atoms with Gasteiger partial charge in [0.2, 0.25) is 0 Å². The predicted octanol–water partition coefficient (Wildman–Crippen LogP) is 3.44. The summed E-state index contributed by atoms with van der Waals surface area (Å²) in [6.07, 6.45) is 4.94. The van der Waals surface area contributed by atoms with Crippen LogP contribution in [0.1, 0.15) is 31.7 Å². The monoisotopic (exact) mass is 192 g/mol. The van der Waals surface area contributed by atoms with Gasteiger partial charge in [0.05, 0.1) is 0 Å². The number of unbranched alkanes of at least 4 members (excludes halogenated alkanes) is 2. The van der Waals surface area contributed by atoms with E-state index in [1.807, 2.05) is 6.92 Å². The van der Waals surface area contributed by atoms with Gasteiger partial charge in [-0.05, 0) is 31.7 Å². The van der Waals surface area contributed by atoms with Crippen LogP contribution in [0.3, 0.4) is 0 Å². The maximum atomic E-state index is 5.29. The van der Waals surface area contributed by atoms with Crippen LogP contribution in [0.2, 0.25) is 0 Å². The van der Waals surface area contributed by atoms with Crippen molar-refractivity contribution in [2.75, 3.05) is 13.2 Å². The minimum Gasteiger partial charge on any atom is -0.382 e. The molecule has 0 saturated heterocycles. The van der Waals surface area contributed by atoms with Crippen molar-refractivity contribution in [2.24, 2.45) is 0 Å². The number of aryl methyl sites for hydroxylation is 1. The molecule has 14 heavy (non-hydrogen) atoms. The Hall–Kier alpha value is -0.820. The number of hydrogen-bond donors (Lipinski definition) is 0. The largest absolute Gasteiger partial charge is 0.382 e. The predicted molar refractivity (Wildman–Crippen MR) is 60.5 cm³/mol. The fraction of sp³-hybridized carbons (Fsp3) is 0.538. The van der Waals surface area contributed by atoms with E-state index in [9.17, 15) is 0 Å². The highest BCUT2D eigenvalue weighted by Gasteiger charge is 1.92. The number of ether oxygens (including phenoxy) is 1. The first-order valence-corrected chi connectivity index (χ1v) is 5.55. The highest BCUT2D eigenvalue weighted by Crippen LogP contribution is 2.05. The lowest BCUT2D eigenvalue weighted by Gasteiger charge is -2.02. The van der Waals surface area contributed by atoms with Crippen LogP contribution in [0.5, 0.6) is 0 Å². The van der Waals surface area contributed by atoms with Gasteiger partial charge in [-0.2, -0.15) is 0 Å². The minimum absolute atomic E-state index is 0.846. The van der Waals surface area contributed by atoms with Crippen LogP contribution >= 0.6 is 0 Å². The quantitative estimate of drug-likeness (QED) is 0.601. The normalized spacial score (nSPS) is 10.4. The Kier molecular flexibility index (Phi) is 6.09. The second kappa shape index (κ2) is 7.57. The van der Waals surface area contributed by atoms with Crippen LogP contribution in [0.4, 0.5) is 0 Å². The Morgan fingerprint density at radius 3 is 2.50 bits per heavy atom. The lowest BCUT2D eigenvalue weighted by molar-refractivity contribution is 0.143. The molecule has 0 radical (unpaired) electrons. The molecule has 0 spiro atoms. The molecule has 1 aromatic carbocycles. The fourth-order valence-corrected chi connectivity index (χ4v) is 1.50. The van der Waals surface area contributed by atoms with Crippen molar-refractivity contribution in [1.82, 2.24) is 0 Å². The van der Waals surface area contributed by atoms with Crippen LogP contribution < -0.4 is 0 Å². The van der Waals surface area contributed by atoms with Gasteiger partial charge in [-0.3, -0.25) is 0 Å². The zero-order chi connectivity index (χ0) is 10.1. The Morgan fingerprint density at radius 1 is 1.00 bits per heavy atom. The first kappa shape index (κ1) is 11.3. The van der Waals surface area contributed by atoms with Gasteiger partial charge in [0.1, 0.15) is 0 Å². The van der Waals surface area contributed by atoms with E-state index < -0.39 is 0 Å². The Morgan fingerprint density at radius 2 is 1.79 bits per heavy atom. The third-order valence-electron chi connectivity index (χ3n) is 2.30. The smallest absolute Gasteiger partial charge is 0.0465 e. The Labute approximate surface area is 87.1 Å². The molecule has 0 aliphatic heterocycles. The van der Waals surface area contributed by atoms with E-state index in [1.165, 1.54) is 31.2 Å². The van der Waals surface area contributed by atoms with Crippen molar-refractivity contribution in [3.63, 3.8) is 0 Å². The van der Waals surface area contributed by atoms with E-state index in [-0.39, 0.29) is 0 Å². The molecule has 0 heterocycles. The van der Waals surface area contributed by atoms with Gasteiger partial charge in [-0.25, -0.2) is 0 Å². The third kappa shape index (κ3) is 5.03. The molecule has 0 fully saturated rings. The van der Waals surface area contributed by atoms with E-state index in [4.69, 9.17) is 4.74 Å². The molecule has 0 unspecified atom stereocenters. The molecule has 0 amide bonds. The van der Waals surface area contributed by atoms with Crippen LogP contribution in [0.25, 0.3) is 0 Å². The van der Waals surface area contributed by atoms with Gasteiger partial charge in [0, 0.05) is 13.2 Å². The summed E-state index contributed by atoms with van der Waals surface area (Å²) in [6, 6.07) is 10.7. The molecule has 0 atom stereocenters. The first-order valence-electron chi connectivity index (χ1n) is 5.55. The zero-order valence-electron chi connectivity index (χ0n) is 9.04. The molecule has 0 saturated carbocycles. The third-order valence-corrected chi connectivity index (χ3v) is 2.30. The van der Waals surface area contributed by atoms with E-state index >= 15 is 0 Å². The van der Waals surface area contributed by atoms with Crippen LogP contribution in [0, 0.1) is 0 Å². The number of hydrogen-bond acceptors (Lipinski definition) is 1. The van der Waals surface area contributed by atoms with Gasteiger partial charge in [-0.15, -0.1) is 0 Å². The summed E-state index contributed by atoms with van der Waals surface area (Å²) in [5.74, 6) is 0. The van der Waals surface area contributed by atoms with E-state index in [0.29, 0.717) is 0 Å². The Bertz CT molecular complexity index is 218. The summed E-state index contributed by atoms with van der Waals surface area (Å²) < 4.78 is 5.29. The summed E-state index contributed by atoms with van der Waals surface area (Å²) in [7, 11) is 0. The fourth-order valence-electron chi connectivity index (χ4n) is 1.50. The van der Waals surface area contributed by atoms with Crippen LogP contribution in [0.15, 0.2) is 30.3 Å². The highest BCUT2D eigenvalue weighted by molar-refractivity contribution is 5.14. The zero-order valence-corrected chi connectivity index (χ0v) is 9.04. The molecule has 1 nitrogen and oxygen atoms in total. The SMILES string of the molecule is CCOCCCCCc1ccccc1. The van der Waals surface area contributed by atoms with Gasteiger partial charge < -0.3 is 4.74 Å². The molecule has 0 aliphatic rings. The second-order valence-corrected chi connectivity index (χ2v) is 3.49. The van der Waals surface area contributed by atoms with Gasteiger partial charge in [0.15, 0.2) is 0 Å². The maximum Gasteiger partial charge on any atom is 0.0465 e. The molecule has 1 heteroatoms. The van der Waals surface area contributed by atoms with Crippen molar-refractivity contribution < 1.29 is 4.74 Å². The lowest BCUT2D eigenvalue weighted by Crippen LogP contribution is -1.93.